The standard InChI is InChI=1S/C24H24ClN5O2S.ClH/c1-16-17(25)7-8-21-22(16)28-24(33-21)30(10-4-9-29-11-13-32-14-12-29)23(31)20-15-26-18-5-2-3-6-19(18)27-20;/h2-3,5-8,15H,4,9-14H2,1H3;1H. The summed E-state index contributed by atoms with van der Waals surface area (Å²) in [7, 11) is 0. The van der Waals surface area contributed by atoms with E-state index in [-0.39, 0.29) is 18.3 Å². The monoisotopic (exact) mass is 517 g/mol. The zero-order chi connectivity index (χ0) is 22.8. The molecule has 0 radical (unpaired) electrons. The SMILES string of the molecule is Cc1c(Cl)ccc2sc(N(CCCN3CCOCC3)C(=O)c3cnc4ccccc4n3)nc12.Cl. The molecule has 1 aliphatic heterocycles. The molecule has 0 bridgehead atoms. The molecule has 5 rings (SSSR count). The van der Waals surface area contributed by atoms with Crippen molar-refractivity contribution < 1.29 is 9.53 Å². The highest BCUT2D eigenvalue weighted by atomic mass is 35.5. The second-order valence-electron chi connectivity index (χ2n) is 8.02. The van der Waals surface area contributed by atoms with Gasteiger partial charge in [0, 0.05) is 31.2 Å². The van der Waals surface area contributed by atoms with Crippen LogP contribution in [0.2, 0.25) is 5.02 Å². The number of hydrogen-bond donors (Lipinski definition) is 0. The number of fused-ring (bicyclic) bond motifs is 2. The van der Waals surface area contributed by atoms with Gasteiger partial charge in [0.2, 0.25) is 0 Å². The lowest BCUT2D eigenvalue weighted by atomic mass is 10.2. The van der Waals surface area contributed by atoms with Gasteiger partial charge in [-0.3, -0.25) is 19.6 Å². The molecule has 0 saturated carbocycles. The predicted molar refractivity (Wildman–Crippen MR) is 140 cm³/mol. The molecule has 0 unspecified atom stereocenters. The van der Waals surface area contributed by atoms with Gasteiger partial charge in [0.1, 0.15) is 5.69 Å². The molecule has 178 valence electrons. The molecule has 2 aromatic carbocycles. The van der Waals surface area contributed by atoms with E-state index in [1.807, 2.05) is 43.3 Å². The van der Waals surface area contributed by atoms with Crippen molar-refractivity contribution in [1.82, 2.24) is 19.9 Å². The first-order chi connectivity index (χ1) is 16.1. The molecule has 0 spiro atoms. The molecule has 1 saturated heterocycles. The second-order valence-corrected chi connectivity index (χ2v) is 9.44. The molecule has 1 fully saturated rings. The molecule has 1 amide bonds. The fourth-order valence-corrected chi connectivity index (χ4v) is 5.17. The van der Waals surface area contributed by atoms with Gasteiger partial charge in [-0.2, -0.15) is 0 Å². The van der Waals surface area contributed by atoms with Crippen LogP contribution in [-0.4, -0.2) is 65.2 Å². The third-order valence-electron chi connectivity index (χ3n) is 5.84. The van der Waals surface area contributed by atoms with E-state index >= 15 is 0 Å². The number of carbonyl (C=O) groups excluding carboxylic acids is 1. The highest BCUT2D eigenvalue weighted by Crippen LogP contribution is 2.34. The number of benzene rings is 2. The van der Waals surface area contributed by atoms with Gasteiger partial charge in [-0.15, -0.1) is 12.4 Å². The van der Waals surface area contributed by atoms with E-state index in [0.29, 0.717) is 27.9 Å². The first-order valence-corrected chi connectivity index (χ1v) is 12.2. The number of halogens is 2. The minimum absolute atomic E-state index is 0. The summed E-state index contributed by atoms with van der Waals surface area (Å²) in [5.41, 5.74) is 3.52. The Balaban J connectivity index is 0.00000274. The van der Waals surface area contributed by atoms with Gasteiger partial charge in [0.25, 0.3) is 5.91 Å². The van der Waals surface area contributed by atoms with Crippen molar-refractivity contribution >= 4 is 67.6 Å². The number of rotatable bonds is 6. The quantitative estimate of drug-likeness (QED) is 0.358. The Bertz CT molecular complexity index is 1310. The fourth-order valence-electron chi connectivity index (χ4n) is 3.96. The maximum absolute atomic E-state index is 13.6. The van der Waals surface area contributed by atoms with E-state index in [4.69, 9.17) is 21.3 Å². The van der Waals surface area contributed by atoms with Gasteiger partial charge in [-0.05, 0) is 43.2 Å². The number of aromatic nitrogens is 3. The molecule has 3 heterocycles. The number of carbonyl (C=O) groups is 1. The smallest absolute Gasteiger partial charge is 0.280 e. The molecule has 2 aromatic heterocycles. The number of ether oxygens (including phenoxy) is 1. The molecular formula is C24H25Cl2N5O2S. The summed E-state index contributed by atoms with van der Waals surface area (Å²) in [4.78, 5) is 31.5. The molecule has 0 N–H and O–H groups in total. The first kappa shape index (κ1) is 24.8. The van der Waals surface area contributed by atoms with Crippen molar-refractivity contribution in [2.45, 2.75) is 13.3 Å². The third-order valence-corrected chi connectivity index (χ3v) is 7.29. The van der Waals surface area contributed by atoms with Crippen LogP contribution in [0, 0.1) is 6.92 Å². The van der Waals surface area contributed by atoms with Crippen LogP contribution >= 0.6 is 35.3 Å². The van der Waals surface area contributed by atoms with E-state index in [1.54, 1.807) is 11.1 Å². The van der Waals surface area contributed by atoms with Gasteiger partial charge >= 0.3 is 0 Å². The van der Waals surface area contributed by atoms with Crippen LogP contribution in [0.4, 0.5) is 5.13 Å². The third kappa shape index (κ3) is 5.16. The van der Waals surface area contributed by atoms with Crippen molar-refractivity contribution in [3.05, 3.63) is 58.9 Å². The van der Waals surface area contributed by atoms with Gasteiger partial charge in [-0.25, -0.2) is 9.97 Å². The first-order valence-electron chi connectivity index (χ1n) is 11.0. The number of aryl methyl sites for hydroxylation is 1. The maximum atomic E-state index is 13.6. The summed E-state index contributed by atoms with van der Waals surface area (Å²) >= 11 is 7.80. The van der Waals surface area contributed by atoms with Crippen LogP contribution in [0.15, 0.2) is 42.6 Å². The topological polar surface area (TPSA) is 71.5 Å². The minimum atomic E-state index is -0.196. The van der Waals surface area contributed by atoms with E-state index in [9.17, 15) is 4.79 Å². The normalized spacial score (nSPS) is 14.3. The Morgan fingerprint density at radius 3 is 2.71 bits per heavy atom. The Morgan fingerprint density at radius 1 is 1.15 bits per heavy atom. The lowest BCUT2D eigenvalue weighted by Gasteiger charge is -2.27. The number of amides is 1. The van der Waals surface area contributed by atoms with Crippen LogP contribution in [0.5, 0.6) is 0 Å². The molecule has 7 nitrogen and oxygen atoms in total. The van der Waals surface area contributed by atoms with Crippen molar-refractivity contribution in [2.24, 2.45) is 0 Å². The number of morpholine rings is 1. The summed E-state index contributed by atoms with van der Waals surface area (Å²) in [5.74, 6) is -0.196. The van der Waals surface area contributed by atoms with Crippen molar-refractivity contribution in [3.8, 4) is 0 Å². The summed E-state index contributed by atoms with van der Waals surface area (Å²) in [6.07, 6.45) is 2.37. The zero-order valence-corrected chi connectivity index (χ0v) is 21.1. The molecule has 1 aliphatic rings. The van der Waals surface area contributed by atoms with Gasteiger partial charge < -0.3 is 4.74 Å². The number of para-hydroxylation sites is 2. The van der Waals surface area contributed by atoms with Gasteiger partial charge in [0.15, 0.2) is 5.13 Å². The number of thiazole rings is 1. The lowest BCUT2D eigenvalue weighted by Crippen LogP contribution is -2.39. The Kier molecular flexibility index (Phi) is 7.95. The van der Waals surface area contributed by atoms with Crippen LogP contribution in [0.3, 0.4) is 0 Å². The largest absolute Gasteiger partial charge is 0.379 e. The lowest BCUT2D eigenvalue weighted by molar-refractivity contribution is 0.0376. The summed E-state index contributed by atoms with van der Waals surface area (Å²) in [5, 5.41) is 1.32. The highest BCUT2D eigenvalue weighted by Gasteiger charge is 2.24. The van der Waals surface area contributed by atoms with E-state index in [0.717, 1.165) is 60.6 Å². The maximum Gasteiger partial charge on any atom is 0.280 e. The number of nitrogens with zero attached hydrogens (tertiary/aromatic N) is 5. The Morgan fingerprint density at radius 2 is 1.91 bits per heavy atom. The van der Waals surface area contributed by atoms with Gasteiger partial charge in [0.05, 0.1) is 40.7 Å². The van der Waals surface area contributed by atoms with Crippen molar-refractivity contribution in [3.63, 3.8) is 0 Å². The molecule has 4 aromatic rings. The number of anilines is 1. The average Bonchev–Trinajstić information content (AvgIpc) is 3.29. The summed E-state index contributed by atoms with van der Waals surface area (Å²) in [6, 6.07) is 11.4. The number of hydrogen-bond acceptors (Lipinski definition) is 7. The van der Waals surface area contributed by atoms with E-state index in [1.165, 1.54) is 11.3 Å². The Labute approximate surface area is 213 Å². The van der Waals surface area contributed by atoms with E-state index in [2.05, 4.69) is 14.9 Å². The average molecular weight is 518 g/mol. The minimum Gasteiger partial charge on any atom is -0.379 e. The Hall–Kier alpha value is -2.36. The fraction of sp³-hybridized carbons (Fsp3) is 0.333. The predicted octanol–water partition coefficient (Wildman–Crippen LogP) is 4.99. The summed E-state index contributed by atoms with van der Waals surface area (Å²) < 4.78 is 6.44. The summed E-state index contributed by atoms with van der Waals surface area (Å²) in [6.45, 7) is 6.74. The van der Waals surface area contributed by atoms with Crippen molar-refractivity contribution in [1.29, 1.82) is 0 Å². The molecular weight excluding hydrogens is 493 g/mol. The van der Waals surface area contributed by atoms with Crippen LogP contribution in [0.1, 0.15) is 22.5 Å². The van der Waals surface area contributed by atoms with Crippen LogP contribution < -0.4 is 4.90 Å². The zero-order valence-electron chi connectivity index (χ0n) is 18.7. The second kappa shape index (κ2) is 10.9. The molecule has 0 aliphatic carbocycles. The van der Waals surface area contributed by atoms with Crippen LogP contribution in [-0.2, 0) is 4.74 Å². The highest BCUT2D eigenvalue weighted by molar-refractivity contribution is 7.22. The molecule has 34 heavy (non-hydrogen) atoms. The molecule has 10 heteroatoms. The molecule has 0 atom stereocenters. The van der Waals surface area contributed by atoms with Crippen LogP contribution in [0.25, 0.3) is 21.3 Å². The van der Waals surface area contributed by atoms with Gasteiger partial charge in [-0.1, -0.05) is 35.1 Å². The van der Waals surface area contributed by atoms with E-state index < -0.39 is 0 Å². The van der Waals surface area contributed by atoms with Crippen molar-refractivity contribution in [2.75, 3.05) is 44.3 Å².